The number of methoxy groups -OCH3 is 1. The lowest BCUT2D eigenvalue weighted by Gasteiger charge is -1.91. The van der Waals surface area contributed by atoms with E-state index in [0.29, 0.717) is 5.69 Å². The molecule has 0 aliphatic heterocycles. The average Bonchev–Trinajstić information content (AvgIpc) is 2.47. The molecule has 1 heterocycles. The number of carbonyl (C=O) groups is 1. The zero-order valence-electron chi connectivity index (χ0n) is 7.26. The van der Waals surface area contributed by atoms with Gasteiger partial charge in [0.1, 0.15) is 0 Å². The number of carbonyl (C=O) groups excluding carboxylic acids is 1. The lowest BCUT2D eigenvalue weighted by atomic mass is 10.4. The van der Waals surface area contributed by atoms with Gasteiger partial charge in [-0.05, 0) is 0 Å². The standard InChI is InChI=1S/C7H9N3O3/c1-10-5(4-8-12)3-6(9-10)7(11)13-2/h3-4,12H,1-2H3/b8-4+. The van der Waals surface area contributed by atoms with Crippen LogP contribution in [0.2, 0.25) is 0 Å². The van der Waals surface area contributed by atoms with Crippen molar-refractivity contribution in [1.29, 1.82) is 0 Å². The van der Waals surface area contributed by atoms with Gasteiger partial charge in [-0.15, -0.1) is 0 Å². The van der Waals surface area contributed by atoms with Crippen LogP contribution in [0.1, 0.15) is 16.2 Å². The van der Waals surface area contributed by atoms with Gasteiger partial charge in [-0.1, -0.05) is 5.16 Å². The summed E-state index contributed by atoms with van der Waals surface area (Å²) in [5.74, 6) is -0.520. The van der Waals surface area contributed by atoms with Gasteiger partial charge in [-0.25, -0.2) is 4.79 Å². The molecule has 0 saturated carbocycles. The van der Waals surface area contributed by atoms with Gasteiger partial charge in [-0.3, -0.25) is 4.68 Å². The summed E-state index contributed by atoms with van der Waals surface area (Å²) in [5.41, 5.74) is 0.697. The summed E-state index contributed by atoms with van der Waals surface area (Å²) < 4.78 is 5.87. The third-order valence-electron chi connectivity index (χ3n) is 1.50. The molecule has 0 spiro atoms. The van der Waals surface area contributed by atoms with Crippen molar-refractivity contribution in [2.75, 3.05) is 7.11 Å². The van der Waals surface area contributed by atoms with Gasteiger partial charge in [0.05, 0.1) is 19.0 Å². The Morgan fingerprint density at radius 1 is 1.85 bits per heavy atom. The predicted octanol–water partition coefficient (Wildman–Crippen LogP) is 0.0148. The topological polar surface area (TPSA) is 76.7 Å². The van der Waals surface area contributed by atoms with E-state index in [2.05, 4.69) is 15.0 Å². The lowest BCUT2D eigenvalue weighted by Crippen LogP contribution is -2.03. The first-order chi connectivity index (χ1) is 6.19. The summed E-state index contributed by atoms with van der Waals surface area (Å²) in [4.78, 5) is 11.0. The Morgan fingerprint density at radius 2 is 2.54 bits per heavy atom. The Labute approximate surface area is 74.4 Å². The van der Waals surface area contributed by atoms with Crippen LogP contribution in [0.3, 0.4) is 0 Å². The number of esters is 1. The average molecular weight is 183 g/mol. The number of oxime groups is 1. The van der Waals surface area contributed by atoms with Crippen molar-refractivity contribution in [3.63, 3.8) is 0 Å². The summed E-state index contributed by atoms with van der Waals surface area (Å²) >= 11 is 0. The summed E-state index contributed by atoms with van der Waals surface area (Å²) in [6.07, 6.45) is 1.18. The summed E-state index contributed by atoms with van der Waals surface area (Å²) in [5, 5.41) is 14.9. The molecule has 1 aromatic rings. The smallest absolute Gasteiger partial charge is 0.358 e. The second-order valence-electron chi connectivity index (χ2n) is 2.31. The number of aryl methyl sites for hydroxylation is 1. The van der Waals surface area contributed by atoms with Crippen LogP contribution in [-0.4, -0.2) is 34.3 Å². The highest BCUT2D eigenvalue weighted by Gasteiger charge is 2.11. The van der Waals surface area contributed by atoms with Crippen molar-refractivity contribution < 1.29 is 14.7 Å². The highest BCUT2D eigenvalue weighted by atomic mass is 16.5. The lowest BCUT2D eigenvalue weighted by molar-refractivity contribution is 0.0593. The fourth-order valence-electron chi connectivity index (χ4n) is 0.866. The molecule has 0 aliphatic rings. The van der Waals surface area contributed by atoms with Gasteiger partial charge in [0.2, 0.25) is 0 Å². The molecule has 0 atom stereocenters. The number of rotatable bonds is 2. The molecule has 0 aromatic carbocycles. The van der Waals surface area contributed by atoms with Crippen LogP contribution in [0.15, 0.2) is 11.2 Å². The maximum atomic E-state index is 11.0. The van der Waals surface area contributed by atoms with Crippen molar-refractivity contribution in [1.82, 2.24) is 9.78 Å². The molecule has 0 saturated heterocycles. The van der Waals surface area contributed by atoms with E-state index < -0.39 is 5.97 Å². The van der Waals surface area contributed by atoms with Crippen LogP contribution < -0.4 is 0 Å². The molecular formula is C7H9N3O3. The van der Waals surface area contributed by atoms with E-state index in [1.54, 1.807) is 7.05 Å². The number of aromatic nitrogens is 2. The second-order valence-corrected chi connectivity index (χ2v) is 2.31. The molecule has 1 aromatic heterocycles. The number of ether oxygens (including phenoxy) is 1. The quantitative estimate of drug-likeness (QED) is 0.303. The largest absolute Gasteiger partial charge is 0.464 e. The van der Waals surface area contributed by atoms with Crippen LogP contribution in [-0.2, 0) is 11.8 Å². The van der Waals surface area contributed by atoms with Crippen molar-refractivity contribution in [3.8, 4) is 0 Å². The van der Waals surface area contributed by atoms with Gasteiger partial charge in [-0.2, -0.15) is 5.10 Å². The van der Waals surface area contributed by atoms with Gasteiger partial charge >= 0.3 is 5.97 Å². The molecule has 70 valence electrons. The Bertz CT molecular complexity index is 343. The normalized spacial score (nSPS) is 10.6. The molecular weight excluding hydrogens is 174 g/mol. The van der Waals surface area contributed by atoms with Crippen LogP contribution >= 0.6 is 0 Å². The first kappa shape index (κ1) is 9.24. The molecule has 0 fully saturated rings. The Hall–Kier alpha value is -1.85. The van der Waals surface area contributed by atoms with Crippen LogP contribution in [0.5, 0.6) is 0 Å². The molecule has 1 N–H and O–H groups in total. The van der Waals surface area contributed by atoms with E-state index in [0.717, 1.165) is 0 Å². The third kappa shape index (κ3) is 1.84. The fourth-order valence-corrected chi connectivity index (χ4v) is 0.866. The van der Waals surface area contributed by atoms with Gasteiger partial charge in [0.25, 0.3) is 0 Å². The summed E-state index contributed by atoms with van der Waals surface area (Å²) in [6, 6.07) is 1.46. The molecule has 0 amide bonds. The number of hydrogen-bond donors (Lipinski definition) is 1. The van der Waals surface area contributed by atoms with Crippen molar-refractivity contribution >= 4 is 12.2 Å². The Kier molecular flexibility index (Phi) is 2.63. The van der Waals surface area contributed by atoms with E-state index >= 15 is 0 Å². The van der Waals surface area contributed by atoms with E-state index in [1.165, 1.54) is 24.1 Å². The van der Waals surface area contributed by atoms with Gasteiger partial charge < -0.3 is 9.94 Å². The minimum absolute atomic E-state index is 0.180. The maximum Gasteiger partial charge on any atom is 0.358 e. The van der Waals surface area contributed by atoms with Crippen LogP contribution in [0.25, 0.3) is 0 Å². The SMILES string of the molecule is COC(=O)c1cc(/C=N/O)n(C)n1. The van der Waals surface area contributed by atoms with E-state index in [1.807, 2.05) is 0 Å². The number of nitrogens with zero attached hydrogens (tertiary/aromatic N) is 3. The van der Waals surface area contributed by atoms with Crippen molar-refractivity contribution in [3.05, 3.63) is 17.5 Å². The Balaban J connectivity index is 3.01. The molecule has 0 bridgehead atoms. The van der Waals surface area contributed by atoms with Gasteiger partial charge in [0, 0.05) is 13.1 Å². The minimum atomic E-state index is -0.520. The highest BCUT2D eigenvalue weighted by molar-refractivity contribution is 5.89. The van der Waals surface area contributed by atoms with E-state index in [4.69, 9.17) is 5.21 Å². The first-order valence-electron chi connectivity index (χ1n) is 3.49. The minimum Gasteiger partial charge on any atom is -0.464 e. The van der Waals surface area contributed by atoms with Crippen LogP contribution in [0.4, 0.5) is 0 Å². The van der Waals surface area contributed by atoms with E-state index in [-0.39, 0.29) is 5.69 Å². The maximum absolute atomic E-state index is 11.0. The molecule has 0 radical (unpaired) electrons. The molecule has 1 rings (SSSR count). The molecule has 13 heavy (non-hydrogen) atoms. The second kappa shape index (κ2) is 3.70. The number of hydrogen-bond acceptors (Lipinski definition) is 5. The molecule has 6 nitrogen and oxygen atoms in total. The van der Waals surface area contributed by atoms with E-state index in [9.17, 15) is 4.79 Å². The molecule has 6 heteroatoms. The zero-order valence-corrected chi connectivity index (χ0v) is 7.26. The third-order valence-corrected chi connectivity index (χ3v) is 1.50. The molecule has 0 aliphatic carbocycles. The zero-order chi connectivity index (χ0) is 9.84. The fraction of sp³-hybridized carbons (Fsp3) is 0.286. The highest BCUT2D eigenvalue weighted by Crippen LogP contribution is 2.01. The predicted molar refractivity (Wildman–Crippen MR) is 43.9 cm³/mol. The first-order valence-corrected chi connectivity index (χ1v) is 3.49. The van der Waals surface area contributed by atoms with Crippen molar-refractivity contribution in [2.45, 2.75) is 0 Å². The monoisotopic (exact) mass is 183 g/mol. The van der Waals surface area contributed by atoms with Crippen molar-refractivity contribution in [2.24, 2.45) is 12.2 Å². The molecule has 0 unspecified atom stereocenters. The Morgan fingerprint density at radius 3 is 3.08 bits per heavy atom. The van der Waals surface area contributed by atoms with Crippen LogP contribution in [0, 0.1) is 0 Å². The summed E-state index contributed by atoms with van der Waals surface area (Å²) in [6.45, 7) is 0. The van der Waals surface area contributed by atoms with Gasteiger partial charge in [0.15, 0.2) is 5.69 Å². The summed E-state index contributed by atoms with van der Waals surface area (Å²) in [7, 11) is 2.90.